The molecule has 0 saturated carbocycles. The Morgan fingerprint density at radius 3 is 2.86 bits per heavy atom. The summed E-state index contributed by atoms with van der Waals surface area (Å²) in [6, 6.07) is 2.19. The third-order valence-electron chi connectivity index (χ3n) is 3.48. The van der Waals surface area contributed by atoms with Gasteiger partial charge in [-0.2, -0.15) is 5.10 Å². The van der Waals surface area contributed by atoms with Crippen molar-refractivity contribution in [2.24, 2.45) is 0 Å². The highest BCUT2D eigenvalue weighted by Crippen LogP contribution is 2.17. The molecule has 2 rings (SSSR count). The summed E-state index contributed by atoms with van der Waals surface area (Å²) in [6.45, 7) is 8.90. The lowest BCUT2D eigenvalue weighted by Crippen LogP contribution is -2.25. The smallest absolute Gasteiger partial charge is 0.155 e. The van der Waals surface area contributed by atoms with E-state index in [0.717, 1.165) is 29.1 Å². The van der Waals surface area contributed by atoms with Crippen molar-refractivity contribution in [1.29, 1.82) is 0 Å². The molecular weight excluding hydrogens is 268 g/mol. The van der Waals surface area contributed by atoms with Crippen LogP contribution in [0.2, 0.25) is 0 Å². The molecule has 0 radical (unpaired) electrons. The number of aryl methyl sites for hydroxylation is 2. The minimum Gasteiger partial charge on any atom is -0.382 e. The average Bonchev–Trinajstić information content (AvgIpc) is 2.84. The second-order valence-electron chi connectivity index (χ2n) is 5.14. The maximum absolute atomic E-state index is 5.44. The van der Waals surface area contributed by atoms with E-state index >= 15 is 0 Å². The lowest BCUT2D eigenvalue weighted by Gasteiger charge is -2.16. The van der Waals surface area contributed by atoms with Crippen LogP contribution in [0.1, 0.15) is 29.9 Å². The van der Waals surface area contributed by atoms with Gasteiger partial charge in [-0.3, -0.25) is 0 Å². The van der Waals surface area contributed by atoms with Crippen molar-refractivity contribution in [2.75, 3.05) is 33.5 Å². The Hall–Kier alpha value is -1.50. The van der Waals surface area contributed by atoms with E-state index < -0.39 is 0 Å². The van der Waals surface area contributed by atoms with E-state index in [1.807, 2.05) is 23.7 Å². The van der Waals surface area contributed by atoms with Crippen LogP contribution in [0, 0.1) is 13.8 Å². The van der Waals surface area contributed by atoms with Crippen LogP contribution in [0.15, 0.2) is 12.3 Å². The van der Waals surface area contributed by atoms with E-state index in [0.29, 0.717) is 19.8 Å². The van der Waals surface area contributed by atoms with Gasteiger partial charge in [-0.05, 0) is 20.8 Å². The zero-order valence-corrected chi connectivity index (χ0v) is 13.2. The molecule has 0 bridgehead atoms. The molecule has 1 atom stereocenters. The maximum Gasteiger partial charge on any atom is 0.155 e. The number of methoxy groups -OCH3 is 1. The zero-order valence-electron chi connectivity index (χ0n) is 13.2. The highest BCUT2D eigenvalue weighted by Gasteiger charge is 2.12. The van der Waals surface area contributed by atoms with Gasteiger partial charge in [0.15, 0.2) is 5.65 Å². The Kier molecular flexibility index (Phi) is 5.67. The monoisotopic (exact) mass is 292 g/mol. The van der Waals surface area contributed by atoms with Crippen molar-refractivity contribution in [2.45, 2.75) is 26.8 Å². The van der Waals surface area contributed by atoms with Gasteiger partial charge in [0, 0.05) is 43.2 Å². The fourth-order valence-electron chi connectivity index (χ4n) is 2.30. The quantitative estimate of drug-likeness (QED) is 0.750. The average molecular weight is 292 g/mol. The highest BCUT2D eigenvalue weighted by molar-refractivity contribution is 5.42. The molecule has 6 heteroatoms. The third kappa shape index (κ3) is 4.00. The molecule has 0 aromatic carbocycles. The van der Waals surface area contributed by atoms with Crippen LogP contribution in [0.25, 0.3) is 5.65 Å². The van der Waals surface area contributed by atoms with E-state index in [-0.39, 0.29) is 6.04 Å². The van der Waals surface area contributed by atoms with E-state index in [1.165, 1.54) is 0 Å². The Bertz CT molecular complexity index is 582. The molecular formula is C15H24N4O2. The number of fused-ring (bicyclic) bond motifs is 1. The molecule has 1 N–H and O–H groups in total. The second-order valence-corrected chi connectivity index (χ2v) is 5.14. The SMILES string of the molecule is COCCOCCNC(C)c1cnc2cc(C)nn2c1C. The number of ether oxygens (including phenoxy) is 2. The molecule has 1 unspecified atom stereocenters. The van der Waals surface area contributed by atoms with Gasteiger partial charge < -0.3 is 14.8 Å². The molecule has 0 aliphatic rings. The van der Waals surface area contributed by atoms with Gasteiger partial charge >= 0.3 is 0 Å². The summed E-state index contributed by atoms with van der Waals surface area (Å²) in [5.74, 6) is 0. The van der Waals surface area contributed by atoms with Gasteiger partial charge in [0.05, 0.1) is 25.5 Å². The van der Waals surface area contributed by atoms with Gasteiger partial charge in [-0.25, -0.2) is 9.50 Å². The molecule has 116 valence electrons. The number of nitrogens with one attached hydrogen (secondary N) is 1. The third-order valence-corrected chi connectivity index (χ3v) is 3.48. The Morgan fingerprint density at radius 2 is 2.10 bits per heavy atom. The summed E-state index contributed by atoms with van der Waals surface area (Å²) < 4.78 is 12.3. The molecule has 6 nitrogen and oxygen atoms in total. The summed E-state index contributed by atoms with van der Waals surface area (Å²) in [5, 5.41) is 7.91. The van der Waals surface area contributed by atoms with Crippen molar-refractivity contribution in [3.05, 3.63) is 29.2 Å². The van der Waals surface area contributed by atoms with E-state index in [2.05, 4.69) is 29.2 Å². The van der Waals surface area contributed by atoms with Crippen LogP contribution in [-0.2, 0) is 9.47 Å². The van der Waals surface area contributed by atoms with E-state index in [1.54, 1.807) is 7.11 Å². The van der Waals surface area contributed by atoms with Crippen molar-refractivity contribution in [1.82, 2.24) is 19.9 Å². The molecule has 0 fully saturated rings. The topological polar surface area (TPSA) is 60.7 Å². The number of hydrogen-bond acceptors (Lipinski definition) is 5. The minimum atomic E-state index is 0.206. The summed E-state index contributed by atoms with van der Waals surface area (Å²) in [4.78, 5) is 4.47. The Morgan fingerprint density at radius 1 is 1.29 bits per heavy atom. The summed E-state index contributed by atoms with van der Waals surface area (Å²) in [5.41, 5.74) is 4.15. The first kappa shape index (κ1) is 15.9. The lowest BCUT2D eigenvalue weighted by molar-refractivity contribution is 0.0712. The first-order valence-electron chi connectivity index (χ1n) is 7.25. The van der Waals surface area contributed by atoms with Gasteiger partial charge in [0.25, 0.3) is 0 Å². The van der Waals surface area contributed by atoms with Crippen LogP contribution in [0.3, 0.4) is 0 Å². The van der Waals surface area contributed by atoms with Crippen LogP contribution >= 0.6 is 0 Å². The van der Waals surface area contributed by atoms with Crippen molar-refractivity contribution in [3.63, 3.8) is 0 Å². The Balaban J connectivity index is 1.93. The second kappa shape index (κ2) is 7.49. The molecule has 0 spiro atoms. The first-order valence-corrected chi connectivity index (χ1v) is 7.25. The van der Waals surface area contributed by atoms with E-state index in [4.69, 9.17) is 9.47 Å². The Labute approximate surface area is 125 Å². The molecule has 0 amide bonds. The molecule has 21 heavy (non-hydrogen) atoms. The van der Waals surface area contributed by atoms with Crippen molar-refractivity contribution in [3.8, 4) is 0 Å². The van der Waals surface area contributed by atoms with Crippen molar-refractivity contribution >= 4 is 5.65 Å². The summed E-state index contributed by atoms with van der Waals surface area (Å²) >= 11 is 0. The maximum atomic E-state index is 5.44. The fraction of sp³-hybridized carbons (Fsp3) is 0.600. The largest absolute Gasteiger partial charge is 0.382 e. The van der Waals surface area contributed by atoms with E-state index in [9.17, 15) is 0 Å². The van der Waals surface area contributed by atoms with Crippen LogP contribution in [-0.4, -0.2) is 48.1 Å². The number of rotatable bonds is 8. The fourth-order valence-corrected chi connectivity index (χ4v) is 2.30. The molecule has 0 aliphatic carbocycles. The number of hydrogen-bond donors (Lipinski definition) is 1. The first-order chi connectivity index (χ1) is 10.1. The summed E-state index contributed by atoms with van der Waals surface area (Å²) in [7, 11) is 1.67. The van der Waals surface area contributed by atoms with Gasteiger partial charge in [-0.15, -0.1) is 0 Å². The lowest BCUT2D eigenvalue weighted by atomic mass is 10.1. The van der Waals surface area contributed by atoms with Gasteiger partial charge in [0.1, 0.15) is 0 Å². The van der Waals surface area contributed by atoms with Crippen molar-refractivity contribution < 1.29 is 9.47 Å². The molecule has 2 heterocycles. The van der Waals surface area contributed by atoms with Crippen LogP contribution in [0.5, 0.6) is 0 Å². The normalized spacial score (nSPS) is 13.0. The van der Waals surface area contributed by atoms with Gasteiger partial charge in [-0.1, -0.05) is 0 Å². The highest BCUT2D eigenvalue weighted by atomic mass is 16.5. The molecule has 0 aliphatic heterocycles. The molecule has 2 aromatic rings. The summed E-state index contributed by atoms with van der Waals surface area (Å²) in [6.07, 6.45) is 1.93. The predicted octanol–water partition coefficient (Wildman–Crippen LogP) is 1.66. The predicted molar refractivity (Wildman–Crippen MR) is 81.6 cm³/mol. The molecule has 2 aromatic heterocycles. The standard InChI is InChI=1S/C15H24N4O2/c1-11-9-15-17-10-14(13(3)19(15)18-11)12(2)16-5-6-21-8-7-20-4/h9-10,12,16H,5-8H2,1-4H3. The zero-order chi connectivity index (χ0) is 15.2. The minimum absolute atomic E-state index is 0.206. The number of nitrogens with zero attached hydrogens (tertiary/aromatic N) is 3. The van der Waals surface area contributed by atoms with Crippen LogP contribution in [0.4, 0.5) is 0 Å². The van der Waals surface area contributed by atoms with Gasteiger partial charge in [0.2, 0.25) is 0 Å². The number of aromatic nitrogens is 3. The van der Waals surface area contributed by atoms with Crippen LogP contribution < -0.4 is 5.32 Å². The molecule has 0 saturated heterocycles.